The second-order valence-corrected chi connectivity index (χ2v) is 5.04. The van der Waals surface area contributed by atoms with E-state index in [2.05, 4.69) is 31.3 Å². The predicted octanol–water partition coefficient (Wildman–Crippen LogP) is 1.56. The summed E-state index contributed by atoms with van der Waals surface area (Å²) in [4.78, 5) is 16.1. The Bertz CT molecular complexity index is 612. The molecule has 6 nitrogen and oxygen atoms in total. The summed E-state index contributed by atoms with van der Waals surface area (Å²) in [5.74, 6) is 1.27. The number of methoxy groups -OCH3 is 1. The number of aromatic nitrogens is 3. The first-order chi connectivity index (χ1) is 9.60. The highest BCUT2D eigenvalue weighted by atomic mass is 79.9. The van der Waals surface area contributed by atoms with Gasteiger partial charge in [-0.3, -0.25) is 9.48 Å². The average Bonchev–Trinajstić information content (AvgIpc) is 2.84. The molecule has 0 spiro atoms. The van der Waals surface area contributed by atoms with Crippen LogP contribution in [0.25, 0.3) is 0 Å². The number of halogens is 1. The zero-order chi connectivity index (χ0) is 14.5. The predicted molar refractivity (Wildman–Crippen MR) is 77.7 cm³/mol. The van der Waals surface area contributed by atoms with Gasteiger partial charge in [-0.25, -0.2) is 4.98 Å². The summed E-state index contributed by atoms with van der Waals surface area (Å²) in [7, 11) is 3.39. The highest BCUT2D eigenvalue weighted by molar-refractivity contribution is 9.10. The maximum absolute atomic E-state index is 12.0. The molecule has 0 unspecified atom stereocenters. The Morgan fingerprint density at radius 2 is 2.30 bits per heavy atom. The average molecular weight is 339 g/mol. The Morgan fingerprint density at radius 3 is 2.90 bits per heavy atom. The number of nitrogens with zero attached hydrogens (tertiary/aromatic N) is 3. The molecule has 106 valence electrons. The van der Waals surface area contributed by atoms with Gasteiger partial charge in [0.05, 0.1) is 11.6 Å². The summed E-state index contributed by atoms with van der Waals surface area (Å²) >= 11 is 3.36. The molecule has 0 saturated heterocycles. The highest BCUT2D eigenvalue weighted by Crippen LogP contribution is 2.25. The Morgan fingerprint density at radius 1 is 1.50 bits per heavy atom. The first-order valence-electron chi connectivity index (χ1n) is 6.06. The Hall–Kier alpha value is -1.89. The van der Waals surface area contributed by atoms with Crippen LogP contribution in [-0.4, -0.2) is 34.3 Å². The fourth-order valence-electron chi connectivity index (χ4n) is 1.70. The molecule has 7 heteroatoms. The number of hydrogen-bond acceptors (Lipinski definition) is 4. The van der Waals surface area contributed by atoms with E-state index < -0.39 is 0 Å². The largest absolute Gasteiger partial charge is 0.496 e. The number of rotatable bonds is 5. The molecule has 0 atom stereocenters. The molecule has 0 radical (unpaired) electrons. The maximum Gasteiger partial charge on any atom is 0.251 e. The third kappa shape index (κ3) is 3.57. The topological polar surface area (TPSA) is 69.0 Å². The van der Waals surface area contributed by atoms with Crippen molar-refractivity contribution in [3.8, 4) is 5.75 Å². The number of aryl methyl sites for hydroxylation is 1. The van der Waals surface area contributed by atoms with E-state index >= 15 is 0 Å². The number of benzene rings is 1. The molecule has 1 aromatic carbocycles. The maximum atomic E-state index is 12.0. The summed E-state index contributed by atoms with van der Waals surface area (Å²) in [6, 6.07) is 5.20. The minimum Gasteiger partial charge on any atom is -0.496 e. The van der Waals surface area contributed by atoms with Gasteiger partial charge in [0.15, 0.2) is 5.82 Å². The Kier molecular flexibility index (Phi) is 4.73. The minimum atomic E-state index is -0.135. The smallest absolute Gasteiger partial charge is 0.251 e. The molecule has 0 aliphatic heterocycles. The first-order valence-corrected chi connectivity index (χ1v) is 6.85. The van der Waals surface area contributed by atoms with Crippen LogP contribution in [-0.2, 0) is 13.5 Å². The number of carbonyl (C=O) groups is 1. The Labute approximate surface area is 125 Å². The van der Waals surface area contributed by atoms with Gasteiger partial charge in [-0.15, -0.1) is 0 Å². The fourth-order valence-corrected chi connectivity index (χ4v) is 2.24. The van der Waals surface area contributed by atoms with Crippen molar-refractivity contribution in [3.05, 3.63) is 40.4 Å². The van der Waals surface area contributed by atoms with E-state index in [1.807, 2.05) is 7.05 Å². The Balaban J connectivity index is 1.90. The number of nitrogens with one attached hydrogen (secondary N) is 1. The van der Waals surface area contributed by atoms with E-state index in [-0.39, 0.29) is 5.91 Å². The van der Waals surface area contributed by atoms with Gasteiger partial charge in [0.1, 0.15) is 12.1 Å². The van der Waals surface area contributed by atoms with Crippen LogP contribution >= 0.6 is 15.9 Å². The molecular formula is C13H15BrN4O2. The molecule has 1 heterocycles. The second kappa shape index (κ2) is 6.51. The van der Waals surface area contributed by atoms with Crippen molar-refractivity contribution in [2.45, 2.75) is 6.42 Å². The van der Waals surface area contributed by atoms with Crippen LogP contribution in [0.4, 0.5) is 0 Å². The van der Waals surface area contributed by atoms with Crippen molar-refractivity contribution < 1.29 is 9.53 Å². The van der Waals surface area contributed by atoms with Crippen LogP contribution in [0.1, 0.15) is 16.2 Å². The monoisotopic (exact) mass is 338 g/mol. The quantitative estimate of drug-likeness (QED) is 0.898. The molecule has 1 aromatic heterocycles. The first kappa shape index (κ1) is 14.5. The third-order valence-electron chi connectivity index (χ3n) is 2.70. The van der Waals surface area contributed by atoms with Gasteiger partial charge in [-0.2, -0.15) is 5.10 Å². The molecule has 20 heavy (non-hydrogen) atoms. The van der Waals surface area contributed by atoms with Gasteiger partial charge < -0.3 is 10.1 Å². The van der Waals surface area contributed by atoms with E-state index in [1.54, 1.807) is 36.3 Å². The van der Waals surface area contributed by atoms with Gasteiger partial charge in [-0.1, -0.05) is 0 Å². The SMILES string of the molecule is COc1ccc(C(=O)NCCc2ncn(C)n2)cc1Br. The van der Waals surface area contributed by atoms with Gasteiger partial charge in [0, 0.05) is 25.6 Å². The van der Waals surface area contributed by atoms with Crippen molar-refractivity contribution >= 4 is 21.8 Å². The second-order valence-electron chi connectivity index (χ2n) is 4.19. The molecule has 0 saturated carbocycles. The van der Waals surface area contributed by atoms with Crippen molar-refractivity contribution in [1.82, 2.24) is 20.1 Å². The molecule has 1 N–H and O–H groups in total. The summed E-state index contributed by atoms with van der Waals surface area (Å²) in [5, 5.41) is 6.98. The molecule has 0 aliphatic rings. The van der Waals surface area contributed by atoms with Crippen LogP contribution in [0.2, 0.25) is 0 Å². The molecule has 2 rings (SSSR count). The lowest BCUT2D eigenvalue weighted by Crippen LogP contribution is -2.26. The van der Waals surface area contributed by atoms with Crippen molar-refractivity contribution in [1.29, 1.82) is 0 Å². The zero-order valence-corrected chi connectivity index (χ0v) is 12.8. The molecule has 1 amide bonds. The molecule has 2 aromatic rings. The number of ether oxygens (including phenoxy) is 1. The zero-order valence-electron chi connectivity index (χ0n) is 11.3. The van der Waals surface area contributed by atoms with Crippen molar-refractivity contribution in [3.63, 3.8) is 0 Å². The van der Waals surface area contributed by atoms with Gasteiger partial charge in [0.25, 0.3) is 5.91 Å². The summed E-state index contributed by atoms with van der Waals surface area (Å²) in [6.07, 6.45) is 2.24. The van der Waals surface area contributed by atoms with Gasteiger partial charge in [-0.05, 0) is 34.1 Å². The standard InChI is InChI=1S/C13H15BrN4O2/c1-18-8-16-12(17-18)5-6-15-13(19)9-3-4-11(20-2)10(14)7-9/h3-4,7-8H,5-6H2,1-2H3,(H,15,19). The molecular weight excluding hydrogens is 324 g/mol. The number of amides is 1. The lowest BCUT2D eigenvalue weighted by atomic mass is 10.2. The van der Waals surface area contributed by atoms with Crippen LogP contribution in [0, 0.1) is 0 Å². The van der Waals surface area contributed by atoms with E-state index in [4.69, 9.17) is 4.74 Å². The van der Waals surface area contributed by atoms with Gasteiger partial charge >= 0.3 is 0 Å². The van der Waals surface area contributed by atoms with Crippen molar-refractivity contribution in [2.24, 2.45) is 7.05 Å². The normalized spacial score (nSPS) is 10.3. The van der Waals surface area contributed by atoms with Crippen LogP contribution in [0.5, 0.6) is 5.75 Å². The van der Waals surface area contributed by atoms with Crippen LogP contribution < -0.4 is 10.1 Å². The summed E-state index contributed by atoms with van der Waals surface area (Å²) in [5.41, 5.74) is 0.576. The number of hydrogen-bond donors (Lipinski definition) is 1. The van der Waals surface area contributed by atoms with E-state index in [0.29, 0.717) is 30.1 Å². The molecule has 0 bridgehead atoms. The van der Waals surface area contributed by atoms with E-state index in [9.17, 15) is 4.79 Å². The summed E-state index contributed by atoms with van der Waals surface area (Å²) < 4.78 is 7.51. The summed E-state index contributed by atoms with van der Waals surface area (Å²) in [6.45, 7) is 0.493. The fraction of sp³-hybridized carbons (Fsp3) is 0.308. The lowest BCUT2D eigenvalue weighted by Gasteiger charge is -2.07. The third-order valence-corrected chi connectivity index (χ3v) is 3.31. The molecule has 0 aliphatic carbocycles. The molecule has 0 fully saturated rings. The number of carbonyl (C=O) groups excluding carboxylic acids is 1. The van der Waals surface area contributed by atoms with E-state index in [0.717, 1.165) is 4.47 Å². The van der Waals surface area contributed by atoms with Crippen molar-refractivity contribution in [2.75, 3.05) is 13.7 Å². The lowest BCUT2D eigenvalue weighted by molar-refractivity contribution is 0.0954. The highest BCUT2D eigenvalue weighted by Gasteiger charge is 2.09. The minimum absolute atomic E-state index is 0.135. The van der Waals surface area contributed by atoms with E-state index in [1.165, 1.54) is 0 Å². The van der Waals surface area contributed by atoms with Gasteiger partial charge in [0.2, 0.25) is 0 Å². The van der Waals surface area contributed by atoms with Crippen LogP contribution in [0.3, 0.4) is 0 Å². The van der Waals surface area contributed by atoms with Crippen LogP contribution in [0.15, 0.2) is 29.0 Å².